The molecule has 1 N–H and O–H groups in total. The van der Waals surface area contributed by atoms with Gasteiger partial charge in [-0.05, 0) is 30.3 Å². The molecule has 0 aliphatic heterocycles. The molecule has 0 aliphatic carbocycles. The number of aromatic nitrogens is 2. The van der Waals surface area contributed by atoms with E-state index in [1.165, 1.54) is 24.3 Å². The van der Waals surface area contributed by atoms with Gasteiger partial charge in [0.05, 0.1) is 12.1 Å². The molecule has 0 aliphatic rings. The predicted octanol–water partition coefficient (Wildman–Crippen LogP) is 4.51. The SMILES string of the molecule is Fc1cccc(NCc2nc(-c3ccc(C(F)(F)F)cc3)no2)c1. The molecule has 2 aromatic carbocycles. The van der Waals surface area contributed by atoms with Gasteiger partial charge in [-0.1, -0.05) is 23.4 Å². The highest BCUT2D eigenvalue weighted by Gasteiger charge is 2.30. The van der Waals surface area contributed by atoms with E-state index in [9.17, 15) is 17.6 Å². The van der Waals surface area contributed by atoms with Crippen LogP contribution in [0.1, 0.15) is 11.5 Å². The molecule has 1 heterocycles. The molecule has 0 atom stereocenters. The number of benzene rings is 2. The molecule has 1 aromatic heterocycles. The van der Waals surface area contributed by atoms with E-state index in [0.29, 0.717) is 11.3 Å². The summed E-state index contributed by atoms with van der Waals surface area (Å²) in [5.74, 6) is 0.0323. The fourth-order valence-corrected chi connectivity index (χ4v) is 2.03. The fourth-order valence-electron chi connectivity index (χ4n) is 2.03. The number of nitrogens with zero attached hydrogens (tertiary/aromatic N) is 2. The standard InChI is InChI=1S/C16H11F4N3O/c17-12-2-1-3-13(8-12)21-9-14-22-15(23-24-14)10-4-6-11(7-5-10)16(18,19)20/h1-8,21H,9H2. The zero-order valence-electron chi connectivity index (χ0n) is 12.1. The molecule has 0 fully saturated rings. The van der Waals surface area contributed by atoms with Gasteiger partial charge in [0, 0.05) is 11.3 Å². The molecule has 3 aromatic rings. The maximum Gasteiger partial charge on any atom is 0.416 e. The second-order valence-corrected chi connectivity index (χ2v) is 4.95. The van der Waals surface area contributed by atoms with Crippen molar-refractivity contribution in [1.82, 2.24) is 10.1 Å². The number of alkyl halides is 3. The van der Waals surface area contributed by atoms with Crippen LogP contribution in [0.3, 0.4) is 0 Å². The summed E-state index contributed by atoms with van der Waals surface area (Å²) in [6.07, 6.45) is -4.39. The zero-order chi connectivity index (χ0) is 17.2. The molecule has 124 valence electrons. The smallest absolute Gasteiger partial charge is 0.376 e. The monoisotopic (exact) mass is 337 g/mol. The summed E-state index contributed by atoms with van der Waals surface area (Å²) < 4.78 is 55.7. The second-order valence-electron chi connectivity index (χ2n) is 4.95. The van der Waals surface area contributed by atoms with Crippen LogP contribution in [-0.4, -0.2) is 10.1 Å². The van der Waals surface area contributed by atoms with Crippen molar-refractivity contribution in [1.29, 1.82) is 0 Å². The minimum absolute atomic E-state index is 0.164. The molecule has 0 amide bonds. The quantitative estimate of drug-likeness (QED) is 0.712. The third-order valence-electron chi connectivity index (χ3n) is 3.21. The highest BCUT2D eigenvalue weighted by atomic mass is 19.4. The van der Waals surface area contributed by atoms with Gasteiger partial charge in [0.15, 0.2) is 0 Å². The van der Waals surface area contributed by atoms with Crippen LogP contribution in [0.25, 0.3) is 11.4 Å². The summed E-state index contributed by atoms with van der Waals surface area (Å²) in [4.78, 5) is 4.09. The van der Waals surface area contributed by atoms with E-state index < -0.39 is 11.7 Å². The maximum atomic E-state index is 13.1. The third-order valence-corrected chi connectivity index (χ3v) is 3.21. The third kappa shape index (κ3) is 3.70. The van der Waals surface area contributed by atoms with Crippen molar-refractivity contribution >= 4 is 5.69 Å². The van der Waals surface area contributed by atoms with E-state index in [1.54, 1.807) is 12.1 Å². The first-order valence-corrected chi connectivity index (χ1v) is 6.91. The summed E-state index contributed by atoms with van der Waals surface area (Å²) in [6.45, 7) is 0.164. The van der Waals surface area contributed by atoms with Crippen LogP contribution in [0.2, 0.25) is 0 Å². The lowest BCUT2D eigenvalue weighted by Gasteiger charge is -2.05. The van der Waals surface area contributed by atoms with Crippen molar-refractivity contribution in [3.8, 4) is 11.4 Å². The Morgan fingerprint density at radius 1 is 1.04 bits per heavy atom. The summed E-state index contributed by atoms with van der Waals surface area (Å²) >= 11 is 0. The summed E-state index contributed by atoms with van der Waals surface area (Å²) in [5.41, 5.74) is 0.204. The van der Waals surface area contributed by atoms with E-state index in [1.807, 2.05) is 0 Å². The Bertz CT molecular complexity index is 828. The highest BCUT2D eigenvalue weighted by Crippen LogP contribution is 2.30. The Morgan fingerprint density at radius 2 is 1.79 bits per heavy atom. The van der Waals surface area contributed by atoms with Gasteiger partial charge in [-0.2, -0.15) is 18.2 Å². The average Bonchev–Trinajstić information content (AvgIpc) is 3.01. The lowest BCUT2D eigenvalue weighted by Crippen LogP contribution is -2.04. The van der Waals surface area contributed by atoms with Gasteiger partial charge in [0.1, 0.15) is 5.82 Å². The molecule has 0 saturated carbocycles. The fraction of sp³-hybridized carbons (Fsp3) is 0.125. The van der Waals surface area contributed by atoms with Crippen molar-refractivity contribution in [3.63, 3.8) is 0 Å². The molecule has 8 heteroatoms. The van der Waals surface area contributed by atoms with Gasteiger partial charge in [-0.15, -0.1) is 0 Å². The van der Waals surface area contributed by atoms with E-state index >= 15 is 0 Å². The topological polar surface area (TPSA) is 51.0 Å². The van der Waals surface area contributed by atoms with Crippen molar-refractivity contribution in [3.05, 3.63) is 65.8 Å². The largest absolute Gasteiger partial charge is 0.416 e. The Labute approximate surface area is 134 Å². The molecule has 0 radical (unpaired) electrons. The van der Waals surface area contributed by atoms with Crippen molar-refractivity contribution in [2.24, 2.45) is 0 Å². The molecule has 24 heavy (non-hydrogen) atoms. The lowest BCUT2D eigenvalue weighted by molar-refractivity contribution is -0.137. The van der Waals surface area contributed by atoms with E-state index in [4.69, 9.17) is 4.52 Å². The Hall–Kier alpha value is -2.90. The van der Waals surface area contributed by atoms with Crippen LogP contribution in [-0.2, 0) is 12.7 Å². The van der Waals surface area contributed by atoms with E-state index in [-0.39, 0.29) is 24.1 Å². The molecule has 0 saturated heterocycles. The van der Waals surface area contributed by atoms with Crippen molar-refractivity contribution in [2.45, 2.75) is 12.7 Å². The highest BCUT2D eigenvalue weighted by molar-refractivity contribution is 5.55. The van der Waals surface area contributed by atoms with Crippen LogP contribution in [0, 0.1) is 5.82 Å². The predicted molar refractivity (Wildman–Crippen MR) is 78.5 cm³/mol. The van der Waals surface area contributed by atoms with Crippen LogP contribution in [0.15, 0.2) is 53.1 Å². The summed E-state index contributed by atoms with van der Waals surface area (Å²) in [6, 6.07) is 10.3. The van der Waals surface area contributed by atoms with Gasteiger partial charge < -0.3 is 9.84 Å². The molecule has 3 rings (SSSR count). The van der Waals surface area contributed by atoms with Crippen molar-refractivity contribution in [2.75, 3.05) is 5.32 Å². The van der Waals surface area contributed by atoms with Gasteiger partial charge in [-0.3, -0.25) is 0 Å². The van der Waals surface area contributed by atoms with Crippen LogP contribution in [0.5, 0.6) is 0 Å². The Balaban J connectivity index is 1.69. The van der Waals surface area contributed by atoms with Crippen LogP contribution in [0.4, 0.5) is 23.2 Å². The first-order chi connectivity index (χ1) is 11.4. The molecule has 4 nitrogen and oxygen atoms in total. The minimum Gasteiger partial charge on any atom is -0.376 e. The number of hydrogen-bond donors (Lipinski definition) is 1. The Kier molecular flexibility index (Phi) is 4.20. The number of anilines is 1. The van der Waals surface area contributed by atoms with Crippen molar-refractivity contribution < 1.29 is 22.1 Å². The van der Waals surface area contributed by atoms with Gasteiger partial charge >= 0.3 is 6.18 Å². The van der Waals surface area contributed by atoms with Crippen LogP contribution < -0.4 is 5.32 Å². The average molecular weight is 337 g/mol. The van der Waals surface area contributed by atoms with Gasteiger partial charge in [0.2, 0.25) is 11.7 Å². The zero-order valence-corrected chi connectivity index (χ0v) is 12.1. The Morgan fingerprint density at radius 3 is 2.46 bits per heavy atom. The maximum absolute atomic E-state index is 13.1. The molecular formula is C16H11F4N3O. The van der Waals surface area contributed by atoms with Gasteiger partial charge in [-0.25, -0.2) is 4.39 Å². The van der Waals surface area contributed by atoms with Gasteiger partial charge in [0.25, 0.3) is 0 Å². The van der Waals surface area contributed by atoms with Crippen LogP contribution >= 0.6 is 0 Å². The summed E-state index contributed by atoms with van der Waals surface area (Å²) in [7, 11) is 0. The first kappa shape index (κ1) is 16.0. The lowest BCUT2D eigenvalue weighted by atomic mass is 10.1. The number of halogens is 4. The second kappa shape index (κ2) is 6.31. The first-order valence-electron chi connectivity index (χ1n) is 6.91. The number of nitrogens with one attached hydrogen (secondary N) is 1. The normalized spacial score (nSPS) is 11.5. The van der Waals surface area contributed by atoms with E-state index in [0.717, 1.165) is 12.1 Å². The minimum atomic E-state index is -4.39. The summed E-state index contributed by atoms with van der Waals surface area (Å²) in [5, 5.41) is 6.64. The molecule has 0 bridgehead atoms. The molecule has 0 unspecified atom stereocenters. The number of rotatable bonds is 4. The molecular weight excluding hydrogens is 326 g/mol. The van der Waals surface area contributed by atoms with E-state index in [2.05, 4.69) is 15.5 Å². The molecule has 0 spiro atoms. The number of hydrogen-bond acceptors (Lipinski definition) is 4.